The highest BCUT2D eigenvalue weighted by Gasteiger charge is 2.59. The normalized spacial score (nSPS) is 19.4. The molecule has 0 aliphatic carbocycles. The van der Waals surface area contributed by atoms with Crippen LogP contribution in [0.3, 0.4) is 0 Å². The van der Waals surface area contributed by atoms with Gasteiger partial charge in [0, 0.05) is 18.7 Å². The molecule has 0 radical (unpaired) electrons. The van der Waals surface area contributed by atoms with E-state index < -0.39 is 31.1 Å². The number of carbonyl (C=O) groups excluding carboxylic acids is 2. The van der Waals surface area contributed by atoms with Crippen molar-refractivity contribution in [2.45, 2.75) is 70.7 Å². The van der Waals surface area contributed by atoms with Crippen LogP contribution in [-0.2, 0) is 16.1 Å². The minimum Gasteiger partial charge on any atom is -0.440 e. The summed E-state index contributed by atoms with van der Waals surface area (Å²) in [6.45, 7) is 10.3. The number of benzene rings is 2. The van der Waals surface area contributed by atoms with E-state index >= 15 is 0 Å². The van der Waals surface area contributed by atoms with E-state index in [1.165, 1.54) is 11.8 Å². The number of hydrogen-bond donors (Lipinski definition) is 1. The number of carbonyl (C=O) groups is 2. The monoisotopic (exact) mass is 637 g/mol. The van der Waals surface area contributed by atoms with Crippen LogP contribution in [0.5, 0.6) is 0 Å². The summed E-state index contributed by atoms with van der Waals surface area (Å²) in [7, 11) is -3.32. The van der Waals surface area contributed by atoms with Gasteiger partial charge >= 0.3 is 6.09 Å². The van der Waals surface area contributed by atoms with Gasteiger partial charge in [-0.2, -0.15) is 0 Å². The van der Waals surface area contributed by atoms with Crippen LogP contribution < -0.4 is 10.4 Å². The summed E-state index contributed by atoms with van der Waals surface area (Å²) in [5, 5.41) is 9.63. The summed E-state index contributed by atoms with van der Waals surface area (Å²) in [5.41, 5.74) is 0.338. The molecule has 5 rings (SSSR count). The average molecular weight is 638 g/mol. The number of nitrogens with zero attached hydrogens (tertiary/aromatic N) is 5. The van der Waals surface area contributed by atoms with Crippen molar-refractivity contribution >= 4 is 30.6 Å². The lowest BCUT2D eigenvalue weighted by Gasteiger charge is -2.46. The van der Waals surface area contributed by atoms with Gasteiger partial charge in [-0.1, -0.05) is 105 Å². The number of allylic oxidation sites excluding steroid dienone is 1. The molecule has 3 heterocycles. The van der Waals surface area contributed by atoms with Gasteiger partial charge in [-0.15, -0.1) is 5.10 Å². The molecule has 2 aromatic heterocycles. The van der Waals surface area contributed by atoms with Crippen LogP contribution in [0.15, 0.2) is 103 Å². The highest BCUT2D eigenvalue weighted by molar-refractivity contribution is 6.98. The van der Waals surface area contributed by atoms with Crippen molar-refractivity contribution < 1.29 is 19.1 Å². The number of Topliss-reactive ketones (excluding diaryl/α,β-unsaturated/α-hetero) is 1. The van der Waals surface area contributed by atoms with Gasteiger partial charge in [0.25, 0.3) is 8.32 Å². The number of ether oxygens (including phenoxy) is 1. The molecule has 1 fully saturated rings. The van der Waals surface area contributed by atoms with E-state index in [2.05, 4.69) is 36.1 Å². The number of pyridine rings is 1. The second kappa shape index (κ2) is 13.5. The average Bonchev–Trinajstić information content (AvgIpc) is 3.64. The highest BCUT2D eigenvalue weighted by atomic mass is 28.4. The Hall–Kier alpha value is -4.41. The summed E-state index contributed by atoms with van der Waals surface area (Å²) in [4.78, 5) is 45.3. The molecular formula is C36H43N5O4Si. The third-order valence-electron chi connectivity index (χ3n) is 9.43. The molecule has 46 heavy (non-hydrogen) atoms. The van der Waals surface area contributed by atoms with E-state index in [1.54, 1.807) is 10.9 Å². The third-order valence-corrected chi connectivity index (χ3v) is 13.9. The van der Waals surface area contributed by atoms with Crippen molar-refractivity contribution in [2.24, 2.45) is 5.92 Å². The zero-order valence-electron chi connectivity index (χ0n) is 27.2. The zero-order valence-corrected chi connectivity index (χ0v) is 28.2. The molecule has 3 atom stereocenters. The van der Waals surface area contributed by atoms with E-state index in [4.69, 9.17) is 4.74 Å². The van der Waals surface area contributed by atoms with Crippen molar-refractivity contribution in [1.82, 2.24) is 24.9 Å². The van der Waals surface area contributed by atoms with Crippen molar-refractivity contribution in [2.75, 3.05) is 6.54 Å². The largest absolute Gasteiger partial charge is 0.440 e. The van der Waals surface area contributed by atoms with Crippen molar-refractivity contribution in [1.29, 1.82) is 0 Å². The van der Waals surface area contributed by atoms with Gasteiger partial charge in [-0.05, 0) is 54.2 Å². The predicted octanol–water partition coefficient (Wildman–Crippen LogP) is 5.01. The SMILES string of the molecule is CC[C@@H](CC(C)(C)[Si](O)(c1ccccc1)c1ccccc1)[C@@]1(C)OC(=O)N(C/C=C/Cn2cc(-c3ccccn3)nn2)[C@@H]1C(C)=O. The standard InChI is InChI=1S/C36H43N5O4Si/c1-6-28(25-35(3,4)46(44,29-17-9-7-10-18-29)30-19-11-8-12-20-30)36(5)33(27(2)42)41(34(43)45-36)24-16-15-23-40-26-32(38-39-40)31-21-13-14-22-37-31/h7-22,26,28,33,44H,6,23-25H2,1-5H3/b16-15+/t28-,33+,36+/m0/s1. The van der Waals surface area contributed by atoms with Crippen LogP contribution in [0, 0.1) is 5.92 Å². The van der Waals surface area contributed by atoms with Gasteiger partial charge in [0.05, 0.1) is 18.4 Å². The number of aromatic nitrogens is 4. The lowest BCUT2D eigenvalue weighted by molar-refractivity contribution is -0.126. The molecule has 1 N–H and O–H groups in total. The summed E-state index contributed by atoms with van der Waals surface area (Å²) in [6.07, 6.45) is 7.98. The van der Waals surface area contributed by atoms with E-state index in [0.717, 1.165) is 16.1 Å². The third kappa shape index (κ3) is 6.32. The fourth-order valence-corrected chi connectivity index (χ4v) is 10.8. The molecule has 1 amide bonds. The molecule has 2 aromatic carbocycles. The highest BCUT2D eigenvalue weighted by Crippen LogP contribution is 2.48. The number of ketones is 1. The Bertz CT molecular complexity index is 1620. The fourth-order valence-electron chi connectivity index (χ4n) is 7.04. The van der Waals surface area contributed by atoms with Crippen LogP contribution in [0.1, 0.15) is 47.5 Å². The van der Waals surface area contributed by atoms with E-state index in [9.17, 15) is 14.4 Å². The molecule has 0 spiro atoms. The first-order chi connectivity index (χ1) is 22.0. The van der Waals surface area contributed by atoms with Crippen molar-refractivity contribution in [3.05, 3.63) is 103 Å². The summed E-state index contributed by atoms with van der Waals surface area (Å²) < 4.78 is 7.85. The fraction of sp³-hybridized carbons (Fsp3) is 0.361. The van der Waals surface area contributed by atoms with Crippen molar-refractivity contribution in [3.8, 4) is 11.4 Å². The van der Waals surface area contributed by atoms with Gasteiger partial charge in [-0.25, -0.2) is 9.48 Å². The predicted molar refractivity (Wildman–Crippen MR) is 181 cm³/mol. The molecule has 1 aliphatic rings. The Morgan fingerprint density at radius 1 is 1.00 bits per heavy atom. The lowest BCUT2D eigenvalue weighted by Crippen LogP contribution is -2.66. The minimum absolute atomic E-state index is 0.132. The topological polar surface area (TPSA) is 110 Å². The molecule has 9 nitrogen and oxygen atoms in total. The lowest BCUT2D eigenvalue weighted by atomic mass is 9.75. The molecular weight excluding hydrogens is 595 g/mol. The molecule has 0 unspecified atom stereocenters. The Morgan fingerprint density at radius 3 is 2.17 bits per heavy atom. The van der Waals surface area contributed by atoms with E-state index in [0.29, 0.717) is 25.1 Å². The first-order valence-corrected chi connectivity index (χ1v) is 17.8. The maximum atomic E-state index is 13.4. The molecule has 1 saturated heterocycles. The molecule has 0 saturated carbocycles. The summed E-state index contributed by atoms with van der Waals surface area (Å²) in [5.74, 6) is -0.325. The molecule has 10 heteroatoms. The van der Waals surface area contributed by atoms with Gasteiger partial charge in [0.1, 0.15) is 17.3 Å². The molecule has 0 bridgehead atoms. The first kappa shape index (κ1) is 33.0. The number of rotatable bonds is 13. The molecule has 240 valence electrons. The maximum Gasteiger partial charge on any atom is 0.411 e. The van der Waals surface area contributed by atoms with Gasteiger partial charge in [0.15, 0.2) is 5.78 Å². The van der Waals surface area contributed by atoms with Crippen LogP contribution in [-0.4, -0.2) is 68.1 Å². The smallest absolute Gasteiger partial charge is 0.411 e. The summed E-state index contributed by atoms with van der Waals surface area (Å²) >= 11 is 0. The summed E-state index contributed by atoms with van der Waals surface area (Å²) in [6, 6.07) is 24.6. The number of cyclic esters (lactones) is 1. The van der Waals surface area contributed by atoms with Gasteiger partial charge in [0.2, 0.25) is 0 Å². The van der Waals surface area contributed by atoms with Gasteiger partial charge in [-0.3, -0.25) is 14.7 Å². The minimum atomic E-state index is -3.32. The van der Waals surface area contributed by atoms with Crippen LogP contribution in [0.2, 0.25) is 5.04 Å². The number of hydrogen-bond acceptors (Lipinski definition) is 7. The second-order valence-corrected chi connectivity index (χ2v) is 16.8. The second-order valence-electron chi connectivity index (χ2n) is 12.9. The van der Waals surface area contributed by atoms with Gasteiger partial charge < -0.3 is 9.53 Å². The van der Waals surface area contributed by atoms with Crippen LogP contribution in [0.25, 0.3) is 11.4 Å². The van der Waals surface area contributed by atoms with Crippen molar-refractivity contribution in [3.63, 3.8) is 0 Å². The Balaban J connectivity index is 1.36. The Labute approximate surface area is 272 Å². The molecule has 4 aromatic rings. The Kier molecular flexibility index (Phi) is 9.69. The van der Waals surface area contributed by atoms with E-state index in [-0.39, 0.29) is 18.2 Å². The van der Waals surface area contributed by atoms with Crippen LogP contribution >= 0.6 is 0 Å². The Morgan fingerprint density at radius 2 is 1.61 bits per heavy atom. The maximum absolute atomic E-state index is 13.4. The van der Waals surface area contributed by atoms with E-state index in [1.807, 2.05) is 104 Å². The first-order valence-electron chi connectivity index (χ1n) is 15.8. The zero-order chi connectivity index (χ0) is 33.0. The quantitative estimate of drug-likeness (QED) is 0.162. The van der Waals surface area contributed by atoms with Crippen LogP contribution in [0.4, 0.5) is 4.79 Å². The molecule has 1 aliphatic heterocycles. The number of amides is 1.